The highest BCUT2D eigenvalue weighted by atomic mass is 19.3. The molecule has 2 aliphatic rings. The zero-order chi connectivity index (χ0) is 11.6. The molecule has 0 aromatic carbocycles. The number of alkyl halides is 2. The van der Waals surface area contributed by atoms with Crippen LogP contribution in [0.1, 0.15) is 26.2 Å². The predicted octanol–water partition coefficient (Wildman–Crippen LogP) is 3.05. The molecule has 0 saturated heterocycles. The van der Waals surface area contributed by atoms with Crippen molar-refractivity contribution in [1.82, 2.24) is 0 Å². The summed E-state index contributed by atoms with van der Waals surface area (Å²) in [5.41, 5.74) is 1.19. The molecular weight excluding hydrogens is 214 g/mol. The Hall–Kier alpha value is -0.900. The van der Waals surface area contributed by atoms with E-state index in [4.69, 9.17) is 9.47 Å². The molecule has 0 radical (unpaired) electrons. The van der Waals surface area contributed by atoms with Gasteiger partial charge in [0.25, 0.3) is 5.92 Å². The van der Waals surface area contributed by atoms with E-state index in [-0.39, 0.29) is 6.42 Å². The Kier molecular flexibility index (Phi) is 3.28. The van der Waals surface area contributed by atoms with Crippen molar-refractivity contribution >= 4 is 0 Å². The largest absolute Gasteiger partial charge is 0.488 e. The first-order valence-electron chi connectivity index (χ1n) is 5.62. The molecule has 4 heteroatoms. The van der Waals surface area contributed by atoms with E-state index in [9.17, 15) is 8.78 Å². The lowest BCUT2D eigenvalue weighted by Crippen LogP contribution is -2.07. The first-order valence-corrected chi connectivity index (χ1v) is 5.62. The van der Waals surface area contributed by atoms with Gasteiger partial charge in [-0.1, -0.05) is 6.08 Å². The highest BCUT2D eigenvalue weighted by molar-refractivity contribution is 5.22. The smallest absolute Gasteiger partial charge is 0.288 e. The van der Waals surface area contributed by atoms with Gasteiger partial charge < -0.3 is 9.47 Å². The molecule has 1 atom stereocenters. The van der Waals surface area contributed by atoms with Gasteiger partial charge in [0.2, 0.25) is 0 Å². The number of hydrogen-bond donors (Lipinski definition) is 0. The summed E-state index contributed by atoms with van der Waals surface area (Å²) in [4.78, 5) is 0. The van der Waals surface area contributed by atoms with Crippen LogP contribution in [-0.4, -0.2) is 25.2 Å². The van der Waals surface area contributed by atoms with Crippen LogP contribution >= 0.6 is 0 Å². The van der Waals surface area contributed by atoms with Gasteiger partial charge in [-0.05, 0) is 25.0 Å². The van der Waals surface area contributed by atoms with Crippen LogP contribution in [-0.2, 0) is 9.47 Å². The molecular formula is C12H16F2O2. The Bertz CT molecular complexity index is 321. The number of rotatable bonds is 5. The molecule has 0 spiro atoms. The van der Waals surface area contributed by atoms with Crippen LogP contribution in [0, 0.1) is 0 Å². The minimum atomic E-state index is -2.60. The van der Waals surface area contributed by atoms with E-state index in [0.29, 0.717) is 25.4 Å². The van der Waals surface area contributed by atoms with Gasteiger partial charge in [0.05, 0.1) is 18.8 Å². The molecule has 0 aromatic rings. The van der Waals surface area contributed by atoms with Crippen molar-refractivity contribution in [3.63, 3.8) is 0 Å². The summed E-state index contributed by atoms with van der Waals surface area (Å²) in [6.45, 7) is 3.27. The highest BCUT2D eigenvalue weighted by Crippen LogP contribution is 2.46. The van der Waals surface area contributed by atoms with Gasteiger partial charge in [0.1, 0.15) is 0 Å². The Morgan fingerprint density at radius 3 is 2.62 bits per heavy atom. The standard InChI is InChI=1S/C12H16F2O2/c1-2-15-8-9-3-5-10(6-4-9)16-11-7-12(11,13)14/h3,5,11H,2,4,6-8H2,1H3. The second-order valence-electron chi connectivity index (χ2n) is 4.17. The maximum Gasteiger partial charge on any atom is 0.288 e. The number of hydrogen-bond acceptors (Lipinski definition) is 2. The minimum Gasteiger partial charge on any atom is -0.488 e. The maximum absolute atomic E-state index is 12.6. The van der Waals surface area contributed by atoms with Gasteiger partial charge in [0, 0.05) is 13.0 Å². The quantitative estimate of drug-likeness (QED) is 0.722. The van der Waals surface area contributed by atoms with E-state index >= 15 is 0 Å². The monoisotopic (exact) mass is 230 g/mol. The van der Waals surface area contributed by atoms with Crippen LogP contribution in [0.25, 0.3) is 0 Å². The van der Waals surface area contributed by atoms with E-state index in [2.05, 4.69) is 0 Å². The molecule has 16 heavy (non-hydrogen) atoms. The van der Waals surface area contributed by atoms with Gasteiger partial charge in [0.15, 0.2) is 6.10 Å². The van der Waals surface area contributed by atoms with Crippen LogP contribution in [0.15, 0.2) is 23.5 Å². The Labute approximate surface area is 93.9 Å². The SMILES string of the molecule is CCOCC1=CC=C(OC2CC2(F)F)CC1. The van der Waals surface area contributed by atoms with Crippen LogP contribution in [0.5, 0.6) is 0 Å². The molecule has 0 aromatic heterocycles. The van der Waals surface area contributed by atoms with Crippen LogP contribution in [0.2, 0.25) is 0 Å². The average Bonchev–Trinajstić information content (AvgIpc) is 2.85. The van der Waals surface area contributed by atoms with Gasteiger partial charge in [-0.2, -0.15) is 0 Å². The molecule has 1 fully saturated rings. The van der Waals surface area contributed by atoms with Gasteiger partial charge in [-0.3, -0.25) is 0 Å². The second kappa shape index (κ2) is 4.53. The highest BCUT2D eigenvalue weighted by Gasteiger charge is 2.59. The number of allylic oxidation sites excluding steroid dienone is 3. The molecule has 2 aliphatic carbocycles. The predicted molar refractivity (Wildman–Crippen MR) is 56.3 cm³/mol. The zero-order valence-electron chi connectivity index (χ0n) is 9.34. The van der Waals surface area contributed by atoms with Crippen molar-refractivity contribution in [2.45, 2.75) is 38.2 Å². The molecule has 0 N–H and O–H groups in total. The van der Waals surface area contributed by atoms with Crippen molar-refractivity contribution in [3.8, 4) is 0 Å². The molecule has 0 heterocycles. The zero-order valence-corrected chi connectivity index (χ0v) is 9.34. The average molecular weight is 230 g/mol. The van der Waals surface area contributed by atoms with Crippen molar-refractivity contribution < 1.29 is 18.3 Å². The summed E-state index contributed by atoms with van der Waals surface area (Å²) >= 11 is 0. The van der Waals surface area contributed by atoms with E-state index in [1.54, 1.807) is 6.08 Å². The van der Waals surface area contributed by atoms with Gasteiger partial charge >= 0.3 is 0 Å². The summed E-state index contributed by atoms with van der Waals surface area (Å²) in [6.07, 6.45) is 4.21. The van der Waals surface area contributed by atoms with Crippen LogP contribution in [0.4, 0.5) is 8.78 Å². The van der Waals surface area contributed by atoms with E-state index in [1.165, 1.54) is 5.57 Å². The third kappa shape index (κ3) is 2.82. The van der Waals surface area contributed by atoms with Crippen molar-refractivity contribution in [3.05, 3.63) is 23.5 Å². The lowest BCUT2D eigenvalue weighted by atomic mass is 10.0. The number of ether oxygens (including phenoxy) is 2. The topological polar surface area (TPSA) is 18.5 Å². The second-order valence-corrected chi connectivity index (χ2v) is 4.17. The molecule has 1 unspecified atom stereocenters. The molecule has 0 amide bonds. The Morgan fingerprint density at radius 2 is 2.12 bits per heavy atom. The van der Waals surface area contributed by atoms with Crippen molar-refractivity contribution in [2.75, 3.05) is 13.2 Å². The van der Waals surface area contributed by atoms with Crippen LogP contribution in [0.3, 0.4) is 0 Å². The molecule has 90 valence electrons. The van der Waals surface area contributed by atoms with Crippen molar-refractivity contribution in [2.24, 2.45) is 0 Å². The normalized spacial score (nSPS) is 27.1. The Balaban J connectivity index is 1.81. The molecule has 0 bridgehead atoms. The third-order valence-electron chi connectivity index (χ3n) is 2.75. The summed E-state index contributed by atoms with van der Waals surface area (Å²) in [7, 11) is 0. The molecule has 2 rings (SSSR count). The summed E-state index contributed by atoms with van der Waals surface area (Å²) < 4.78 is 35.7. The first-order chi connectivity index (χ1) is 7.62. The maximum atomic E-state index is 12.6. The van der Waals surface area contributed by atoms with Gasteiger partial charge in [-0.15, -0.1) is 0 Å². The number of halogens is 2. The summed E-state index contributed by atoms with van der Waals surface area (Å²) in [5.74, 6) is -1.93. The Morgan fingerprint density at radius 1 is 1.38 bits per heavy atom. The molecule has 2 nitrogen and oxygen atoms in total. The van der Waals surface area contributed by atoms with Crippen LogP contribution < -0.4 is 0 Å². The van der Waals surface area contributed by atoms with E-state index < -0.39 is 12.0 Å². The van der Waals surface area contributed by atoms with E-state index in [1.807, 2.05) is 13.0 Å². The van der Waals surface area contributed by atoms with Crippen molar-refractivity contribution in [1.29, 1.82) is 0 Å². The van der Waals surface area contributed by atoms with E-state index in [0.717, 1.165) is 6.42 Å². The fourth-order valence-corrected chi connectivity index (χ4v) is 1.61. The fourth-order valence-electron chi connectivity index (χ4n) is 1.61. The summed E-state index contributed by atoms with van der Waals surface area (Å²) in [6, 6.07) is 0. The first kappa shape index (κ1) is 11.6. The fraction of sp³-hybridized carbons (Fsp3) is 0.667. The summed E-state index contributed by atoms with van der Waals surface area (Å²) in [5, 5.41) is 0. The molecule has 0 aliphatic heterocycles. The lowest BCUT2D eigenvalue weighted by molar-refractivity contribution is 0.0381. The third-order valence-corrected chi connectivity index (χ3v) is 2.75. The minimum absolute atomic E-state index is 0.139. The lowest BCUT2D eigenvalue weighted by Gasteiger charge is -2.15. The molecule has 1 saturated carbocycles. The van der Waals surface area contributed by atoms with Gasteiger partial charge in [-0.25, -0.2) is 8.78 Å².